The lowest BCUT2D eigenvalue weighted by Crippen LogP contribution is -2.30. The summed E-state index contributed by atoms with van der Waals surface area (Å²) in [6, 6.07) is 30.3. The van der Waals surface area contributed by atoms with E-state index in [1.165, 1.54) is 0 Å². The van der Waals surface area contributed by atoms with Gasteiger partial charge in [0.25, 0.3) is 11.8 Å². The molecule has 202 valence electrons. The highest BCUT2D eigenvalue weighted by Gasteiger charge is 2.27. The number of benzene rings is 3. The van der Waals surface area contributed by atoms with Crippen LogP contribution in [0.4, 0.5) is 5.69 Å². The molecular weight excluding hydrogens is 514 g/mol. The van der Waals surface area contributed by atoms with Crippen LogP contribution in [0.1, 0.15) is 43.2 Å². The number of hydrogen-bond donors (Lipinski definition) is 1. The monoisotopic (exact) mass is 541 g/mol. The summed E-state index contributed by atoms with van der Waals surface area (Å²) in [7, 11) is 0. The molecule has 1 aliphatic rings. The van der Waals surface area contributed by atoms with Crippen molar-refractivity contribution in [2.45, 2.75) is 26.2 Å². The molecule has 2 amide bonds. The summed E-state index contributed by atoms with van der Waals surface area (Å²) in [6.45, 7) is 1.25. The number of pyridine rings is 1. The van der Waals surface area contributed by atoms with Crippen molar-refractivity contribution in [1.29, 1.82) is 0 Å². The number of aromatic nitrogens is 2. The minimum absolute atomic E-state index is 0.0878. The number of nitrogens with zero attached hydrogens (tertiary/aromatic N) is 4. The first-order valence-corrected chi connectivity index (χ1v) is 13.3. The molecule has 1 aliphatic heterocycles. The van der Waals surface area contributed by atoms with Gasteiger partial charge < -0.3 is 14.8 Å². The van der Waals surface area contributed by atoms with E-state index in [0.29, 0.717) is 30.9 Å². The van der Waals surface area contributed by atoms with Crippen LogP contribution in [0.5, 0.6) is 0 Å². The van der Waals surface area contributed by atoms with Gasteiger partial charge in [-0.25, -0.2) is 0 Å². The van der Waals surface area contributed by atoms with Crippen molar-refractivity contribution >= 4 is 17.5 Å². The van der Waals surface area contributed by atoms with Gasteiger partial charge in [0.2, 0.25) is 0 Å². The van der Waals surface area contributed by atoms with Crippen molar-refractivity contribution in [1.82, 2.24) is 14.9 Å². The minimum atomic E-state index is -0.182. The van der Waals surface area contributed by atoms with E-state index in [4.69, 9.17) is 0 Å². The summed E-state index contributed by atoms with van der Waals surface area (Å²) in [5.74, 6) is -0.318. The fraction of sp³-hybridized carbons (Fsp3) is 0.121. The van der Waals surface area contributed by atoms with E-state index in [0.717, 1.165) is 39.2 Å². The zero-order chi connectivity index (χ0) is 28.2. The van der Waals surface area contributed by atoms with Crippen molar-refractivity contribution in [3.05, 3.63) is 148 Å². The van der Waals surface area contributed by atoms with Crippen LogP contribution < -0.4 is 10.2 Å². The quantitative estimate of drug-likeness (QED) is 0.257. The van der Waals surface area contributed by atoms with Gasteiger partial charge in [0, 0.05) is 35.9 Å². The molecule has 0 bridgehead atoms. The number of rotatable bonds is 7. The number of fused-ring (bicyclic) bond motifs is 2. The number of carbonyl (C=O) groups is 2. The lowest BCUT2D eigenvalue weighted by Gasteiger charge is -2.23. The molecule has 3 heterocycles. The average molecular weight is 542 g/mol. The molecule has 0 fully saturated rings. The zero-order valence-corrected chi connectivity index (χ0v) is 22.2. The van der Waals surface area contributed by atoms with E-state index in [1.54, 1.807) is 17.3 Å². The highest BCUT2D eigenvalue weighted by molar-refractivity contribution is 6.07. The second-order valence-electron chi connectivity index (χ2n) is 9.88. The maximum atomic E-state index is 13.9. The largest absolute Gasteiger partial charge is 0.347 e. The zero-order valence-electron chi connectivity index (χ0n) is 22.2. The average Bonchev–Trinajstić information content (AvgIpc) is 3.33. The third-order valence-corrected chi connectivity index (χ3v) is 7.35. The van der Waals surface area contributed by atoms with Crippen LogP contribution in [0.3, 0.4) is 0 Å². The number of carbonyl (C=O) groups excluding carboxylic acids is 2. The molecule has 8 heteroatoms. The maximum absolute atomic E-state index is 13.9. The van der Waals surface area contributed by atoms with Crippen LogP contribution >= 0.6 is 0 Å². The Hall–Kier alpha value is -5.37. The predicted octanol–water partition coefficient (Wildman–Crippen LogP) is 5.96. The molecule has 5 aromatic rings. The third kappa shape index (κ3) is 5.27. The molecule has 1 N–H and O–H groups in total. The molecule has 0 spiro atoms. The first-order chi connectivity index (χ1) is 20.1. The van der Waals surface area contributed by atoms with Crippen molar-refractivity contribution in [2.24, 2.45) is 5.18 Å². The summed E-state index contributed by atoms with van der Waals surface area (Å²) in [5.41, 5.74) is 7.30. The fourth-order valence-electron chi connectivity index (χ4n) is 5.27. The molecular formula is C33H27N5O3. The number of para-hydroxylation sites is 1. The van der Waals surface area contributed by atoms with E-state index in [9.17, 15) is 14.5 Å². The summed E-state index contributed by atoms with van der Waals surface area (Å²) in [6.07, 6.45) is 3.43. The SMILES string of the molecule is O=NCc1ccccc1-c1ccc(C(=O)N2Cc3ccc(C(=O)NCc4cccnc4)n3Cc3ccccc32)cc1. The molecule has 0 atom stereocenters. The Morgan fingerprint density at radius 3 is 2.46 bits per heavy atom. The number of amides is 2. The van der Waals surface area contributed by atoms with Gasteiger partial charge in [0.05, 0.1) is 13.1 Å². The van der Waals surface area contributed by atoms with Gasteiger partial charge in [-0.3, -0.25) is 14.6 Å². The summed E-state index contributed by atoms with van der Waals surface area (Å²) in [4.78, 5) is 43.9. The number of nitrogens with one attached hydrogen (secondary N) is 1. The molecule has 3 aromatic carbocycles. The van der Waals surface area contributed by atoms with Gasteiger partial charge in [-0.2, -0.15) is 4.91 Å². The second kappa shape index (κ2) is 11.4. The van der Waals surface area contributed by atoms with Gasteiger partial charge in [0.15, 0.2) is 0 Å². The molecule has 0 radical (unpaired) electrons. The topological polar surface area (TPSA) is 96.7 Å². The van der Waals surface area contributed by atoms with Crippen molar-refractivity contribution in [2.75, 3.05) is 4.90 Å². The number of anilines is 1. The Morgan fingerprint density at radius 1 is 0.854 bits per heavy atom. The van der Waals surface area contributed by atoms with Gasteiger partial charge in [-0.15, -0.1) is 0 Å². The van der Waals surface area contributed by atoms with Crippen LogP contribution in [0.15, 0.2) is 115 Å². The van der Waals surface area contributed by atoms with Crippen LogP contribution in [-0.4, -0.2) is 21.4 Å². The van der Waals surface area contributed by atoms with E-state index in [-0.39, 0.29) is 18.4 Å². The lowest BCUT2D eigenvalue weighted by molar-refractivity contribution is 0.0941. The Balaban J connectivity index is 1.27. The normalized spacial score (nSPS) is 12.1. The Morgan fingerprint density at radius 2 is 1.66 bits per heavy atom. The molecule has 0 saturated carbocycles. The van der Waals surface area contributed by atoms with E-state index >= 15 is 0 Å². The number of nitroso groups, excluding NO2 is 1. The van der Waals surface area contributed by atoms with E-state index < -0.39 is 0 Å². The fourth-order valence-corrected chi connectivity index (χ4v) is 5.27. The van der Waals surface area contributed by atoms with Crippen LogP contribution in [0, 0.1) is 4.91 Å². The summed E-state index contributed by atoms with van der Waals surface area (Å²) in [5, 5.41) is 6.03. The minimum Gasteiger partial charge on any atom is -0.347 e. The molecule has 0 saturated heterocycles. The first-order valence-electron chi connectivity index (χ1n) is 13.3. The summed E-state index contributed by atoms with van der Waals surface area (Å²) >= 11 is 0. The molecule has 6 rings (SSSR count). The molecule has 0 unspecified atom stereocenters. The van der Waals surface area contributed by atoms with Crippen molar-refractivity contribution in [3.8, 4) is 11.1 Å². The lowest BCUT2D eigenvalue weighted by atomic mass is 9.98. The molecule has 0 aliphatic carbocycles. The highest BCUT2D eigenvalue weighted by atomic mass is 16.3. The first kappa shape index (κ1) is 25.9. The van der Waals surface area contributed by atoms with Gasteiger partial charge in [-0.05, 0) is 64.2 Å². The standard InChI is InChI=1S/C33H27N5O3/c39-32(35-19-23-6-5-17-34-18-23)31-16-15-28-22-38(30-10-4-2-8-27(30)21-37(28)31)33(40)25-13-11-24(12-14-25)29-9-3-1-7-26(29)20-36-41/h1-18H,19-22H2,(H,35,39). The highest BCUT2D eigenvalue weighted by Crippen LogP contribution is 2.31. The van der Waals surface area contributed by atoms with E-state index in [2.05, 4.69) is 15.5 Å². The Bertz CT molecular complexity index is 1730. The van der Waals surface area contributed by atoms with Crippen LogP contribution in [0.25, 0.3) is 11.1 Å². The van der Waals surface area contributed by atoms with Crippen LogP contribution in [-0.2, 0) is 26.2 Å². The van der Waals surface area contributed by atoms with Crippen molar-refractivity contribution in [3.63, 3.8) is 0 Å². The maximum Gasteiger partial charge on any atom is 0.268 e. The van der Waals surface area contributed by atoms with Crippen LogP contribution in [0.2, 0.25) is 0 Å². The number of hydrogen-bond acceptors (Lipinski definition) is 5. The smallest absolute Gasteiger partial charge is 0.268 e. The van der Waals surface area contributed by atoms with Gasteiger partial charge >= 0.3 is 0 Å². The Kier molecular flexibility index (Phi) is 7.19. The second-order valence-corrected chi connectivity index (χ2v) is 9.88. The van der Waals surface area contributed by atoms with E-state index in [1.807, 2.05) is 102 Å². The van der Waals surface area contributed by atoms with Crippen molar-refractivity contribution < 1.29 is 9.59 Å². The molecule has 2 aromatic heterocycles. The van der Waals surface area contributed by atoms with Gasteiger partial charge in [-0.1, -0.05) is 65.8 Å². The molecule has 8 nitrogen and oxygen atoms in total. The Labute approximate surface area is 237 Å². The summed E-state index contributed by atoms with van der Waals surface area (Å²) < 4.78 is 1.98. The third-order valence-electron chi connectivity index (χ3n) is 7.35. The molecule has 41 heavy (non-hydrogen) atoms. The predicted molar refractivity (Wildman–Crippen MR) is 157 cm³/mol. The van der Waals surface area contributed by atoms with Gasteiger partial charge in [0.1, 0.15) is 12.2 Å².